The highest BCUT2D eigenvalue weighted by atomic mass is 16.5. The molecule has 0 atom stereocenters. The van der Waals surface area contributed by atoms with Gasteiger partial charge in [0.2, 0.25) is 0 Å². The van der Waals surface area contributed by atoms with Crippen molar-refractivity contribution in [1.82, 2.24) is 10.3 Å². The monoisotopic (exact) mass is 328 g/mol. The number of aromatic nitrogens is 1. The fraction of sp³-hybridized carbons (Fsp3) is 0.333. The van der Waals surface area contributed by atoms with E-state index in [0.717, 1.165) is 17.1 Å². The minimum absolute atomic E-state index is 0.575. The lowest BCUT2D eigenvalue weighted by Crippen LogP contribution is -2.30. The van der Waals surface area contributed by atoms with Crippen LogP contribution in [0.3, 0.4) is 0 Å². The highest BCUT2D eigenvalue weighted by Gasteiger charge is 2.07. The summed E-state index contributed by atoms with van der Waals surface area (Å²) in [4.78, 5) is 8.70. The second-order valence-corrected chi connectivity index (χ2v) is 5.12. The van der Waals surface area contributed by atoms with E-state index >= 15 is 0 Å². The van der Waals surface area contributed by atoms with E-state index in [4.69, 9.17) is 9.47 Å². The molecule has 0 saturated carbocycles. The van der Waals surface area contributed by atoms with Gasteiger partial charge < -0.3 is 20.1 Å². The average molecular weight is 328 g/mol. The number of guanidine groups is 1. The van der Waals surface area contributed by atoms with Gasteiger partial charge in [0.05, 0.1) is 26.0 Å². The Labute approximate surface area is 142 Å². The summed E-state index contributed by atoms with van der Waals surface area (Å²) < 4.78 is 10.9. The van der Waals surface area contributed by atoms with Crippen molar-refractivity contribution in [1.29, 1.82) is 0 Å². The van der Waals surface area contributed by atoms with Gasteiger partial charge in [0.25, 0.3) is 0 Å². The lowest BCUT2D eigenvalue weighted by molar-refractivity contribution is 0.311. The van der Waals surface area contributed by atoms with Crippen LogP contribution in [0.4, 0.5) is 5.69 Å². The molecule has 1 aromatic heterocycles. The maximum atomic E-state index is 5.59. The first-order valence-electron chi connectivity index (χ1n) is 7.87. The summed E-state index contributed by atoms with van der Waals surface area (Å²) >= 11 is 0. The van der Waals surface area contributed by atoms with Gasteiger partial charge in [-0.1, -0.05) is 6.07 Å². The fourth-order valence-electron chi connectivity index (χ4n) is 2.21. The molecule has 0 saturated heterocycles. The molecule has 0 radical (unpaired) electrons. The summed E-state index contributed by atoms with van der Waals surface area (Å²) in [6.45, 7) is 5.08. The zero-order chi connectivity index (χ0) is 17.4. The number of methoxy groups -OCH3 is 1. The van der Waals surface area contributed by atoms with Gasteiger partial charge in [-0.15, -0.1) is 0 Å². The third-order valence-corrected chi connectivity index (χ3v) is 3.33. The molecule has 2 rings (SSSR count). The zero-order valence-corrected chi connectivity index (χ0v) is 14.6. The third kappa shape index (κ3) is 4.87. The van der Waals surface area contributed by atoms with Crippen molar-refractivity contribution in [3.05, 3.63) is 47.8 Å². The van der Waals surface area contributed by atoms with Crippen LogP contribution in [-0.2, 0) is 6.54 Å². The number of hydrogen-bond acceptors (Lipinski definition) is 4. The van der Waals surface area contributed by atoms with Crippen molar-refractivity contribution < 1.29 is 9.47 Å². The molecule has 24 heavy (non-hydrogen) atoms. The van der Waals surface area contributed by atoms with E-state index in [1.807, 2.05) is 50.2 Å². The molecule has 0 aliphatic rings. The van der Waals surface area contributed by atoms with Crippen LogP contribution in [0.2, 0.25) is 0 Å². The quantitative estimate of drug-likeness (QED) is 0.630. The van der Waals surface area contributed by atoms with Gasteiger partial charge in [-0.2, -0.15) is 0 Å². The summed E-state index contributed by atoms with van der Waals surface area (Å²) in [5.74, 6) is 2.06. The van der Waals surface area contributed by atoms with Crippen molar-refractivity contribution in [2.75, 3.05) is 26.1 Å². The standard InChI is InChI=1S/C18H24N4O2/c1-5-24-17-11-14(9-10-16(17)23-4)22-18(19-3)20-12-15-8-6-7-13(2)21-15/h6-11H,5,12H2,1-4H3,(H2,19,20,22). The van der Waals surface area contributed by atoms with Crippen LogP contribution in [-0.4, -0.2) is 31.7 Å². The van der Waals surface area contributed by atoms with E-state index in [0.29, 0.717) is 30.6 Å². The topological polar surface area (TPSA) is 67.8 Å². The van der Waals surface area contributed by atoms with Crippen LogP contribution in [0.5, 0.6) is 11.5 Å². The molecule has 0 spiro atoms. The molecule has 1 aromatic carbocycles. The van der Waals surface area contributed by atoms with Crippen LogP contribution >= 0.6 is 0 Å². The number of aryl methyl sites for hydroxylation is 1. The number of rotatable bonds is 6. The van der Waals surface area contributed by atoms with Crippen LogP contribution in [0, 0.1) is 6.92 Å². The van der Waals surface area contributed by atoms with Crippen LogP contribution < -0.4 is 20.1 Å². The van der Waals surface area contributed by atoms with Gasteiger partial charge in [0.1, 0.15) is 0 Å². The first-order chi connectivity index (χ1) is 11.7. The third-order valence-electron chi connectivity index (χ3n) is 3.33. The van der Waals surface area contributed by atoms with Gasteiger partial charge in [-0.3, -0.25) is 9.98 Å². The number of nitrogens with zero attached hydrogens (tertiary/aromatic N) is 2. The molecule has 1 heterocycles. The van der Waals surface area contributed by atoms with E-state index < -0.39 is 0 Å². The minimum Gasteiger partial charge on any atom is -0.493 e. The van der Waals surface area contributed by atoms with Gasteiger partial charge in [0.15, 0.2) is 17.5 Å². The Kier molecular flexibility index (Phi) is 6.42. The number of benzene rings is 1. The molecule has 6 heteroatoms. The maximum Gasteiger partial charge on any atom is 0.195 e. The Morgan fingerprint density at radius 2 is 2.04 bits per heavy atom. The van der Waals surface area contributed by atoms with Crippen LogP contribution in [0.1, 0.15) is 18.3 Å². The molecule has 0 unspecified atom stereocenters. The summed E-state index contributed by atoms with van der Waals surface area (Å²) in [6, 6.07) is 11.6. The number of ether oxygens (including phenoxy) is 2. The summed E-state index contributed by atoms with van der Waals surface area (Å²) in [7, 11) is 3.35. The first kappa shape index (κ1) is 17.6. The second kappa shape index (κ2) is 8.76. The molecule has 6 nitrogen and oxygen atoms in total. The average Bonchev–Trinajstić information content (AvgIpc) is 2.59. The number of pyridine rings is 1. The number of hydrogen-bond donors (Lipinski definition) is 2. The smallest absolute Gasteiger partial charge is 0.195 e. The Balaban J connectivity index is 2.03. The normalized spacial score (nSPS) is 11.1. The molecule has 0 aliphatic carbocycles. The first-order valence-corrected chi connectivity index (χ1v) is 7.87. The largest absolute Gasteiger partial charge is 0.493 e. The summed E-state index contributed by atoms with van der Waals surface area (Å²) in [5, 5.41) is 6.49. The van der Waals surface area contributed by atoms with Crippen molar-refractivity contribution in [3.63, 3.8) is 0 Å². The summed E-state index contributed by atoms with van der Waals surface area (Å²) in [6.07, 6.45) is 0. The minimum atomic E-state index is 0.575. The molecular formula is C18H24N4O2. The Morgan fingerprint density at radius 3 is 2.71 bits per heavy atom. The van der Waals surface area contributed by atoms with Crippen molar-refractivity contribution in [2.45, 2.75) is 20.4 Å². The molecular weight excluding hydrogens is 304 g/mol. The fourth-order valence-corrected chi connectivity index (χ4v) is 2.21. The second-order valence-electron chi connectivity index (χ2n) is 5.12. The molecule has 0 amide bonds. The van der Waals surface area contributed by atoms with Crippen LogP contribution in [0.15, 0.2) is 41.4 Å². The molecule has 2 aromatic rings. The SMILES string of the molecule is CCOc1cc(NC(=NC)NCc2cccc(C)n2)ccc1OC. The number of anilines is 1. The van der Waals surface area contributed by atoms with Gasteiger partial charge in [-0.25, -0.2) is 0 Å². The number of nitrogens with one attached hydrogen (secondary N) is 2. The van der Waals surface area contributed by atoms with E-state index in [1.54, 1.807) is 14.2 Å². The number of aliphatic imine (C=N–C) groups is 1. The molecule has 2 N–H and O–H groups in total. The lowest BCUT2D eigenvalue weighted by atomic mass is 10.2. The summed E-state index contributed by atoms with van der Waals surface area (Å²) in [5.41, 5.74) is 2.82. The van der Waals surface area contributed by atoms with Crippen molar-refractivity contribution in [3.8, 4) is 11.5 Å². The maximum absolute atomic E-state index is 5.59. The molecule has 0 aliphatic heterocycles. The van der Waals surface area contributed by atoms with E-state index in [1.165, 1.54) is 0 Å². The highest BCUT2D eigenvalue weighted by molar-refractivity contribution is 5.93. The van der Waals surface area contributed by atoms with Gasteiger partial charge in [0, 0.05) is 24.5 Å². The lowest BCUT2D eigenvalue weighted by Gasteiger charge is -2.14. The Hall–Kier alpha value is -2.76. The highest BCUT2D eigenvalue weighted by Crippen LogP contribution is 2.30. The van der Waals surface area contributed by atoms with Crippen LogP contribution in [0.25, 0.3) is 0 Å². The van der Waals surface area contributed by atoms with E-state index in [-0.39, 0.29) is 0 Å². The van der Waals surface area contributed by atoms with Gasteiger partial charge >= 0.3 is 0 Å². The van der Waals surface area contributed by atoms with E-state index in [9.17, 15) is 0 Å². The zero-order valence-electron chi connectivity index (χ0n) is 14.6. The van der Waals surface area contributed by atoms with Crippen molar-refractivity contribution in [2.24, 2.45) is 4.99 Å². The van der Waals surface area contributed by atoms with E-state index in [2.05, 4.69) is 20.6 Å². The molecule has 128 valence electrons. The predicted octanol–water partition coefficient (Wildman–Crippen LogP) is 2.98. The van der Waals surface area contributed by atoms with Gasteiger partial charge in [-0.05, 0) is 38.1 Å². The molecule has 0 fully saturated rings. The Morgan fingerprint density at radius 1 is 1.21 bits per heavy atom. The predicted molar refractivity (Wildman–Crippen MR) is 97.0 cm³/mol. The molecule has 0 bridgehead atoms. The van der Waals surface area contributed by atoms with Crippen molar-refractivity contribution >= 4 is 11.6 Å². The Bertz CT molecular complexity index is 701.